The van der Waals surface area contributed by atoms with Crippen LogP contribution in [0.3, 0.4) is 0 Å². The summed E-state index contributed by atoms with van der Waals surface area (Å²) in [5, 5.41) is 3.33. The van der Waals surface area contributed by atoms with E-state index in [1.807, 2.05) is 13.0 Å². The zero-order chi connectivity index (χ0) is 16.1. The Morgan fingerprint density at radius 1 is 1.29 bits per heavy atom. The summed E-state index contributed by atoms with van der Waals surface area (Å²) >= 11 is 0. The van der Waals surface area contributed by atoms with Gasteiger partial charge in [-0.1, -0.05) is 32.9 Å². The van der Waals surface area contributed by atoms with Crippen LogP contribution < -0.4 is 15.8 Å². The first-order valence-electron chi connectivity index (χ1n) is 7.31. The fraction of sp³-hybridized carbons (Fsp3) is 0.600. The molecule has 0 aliphatic carbocycles. The van der Waals surface area contributed by atoms with Gasteiger partial charge in [0.15, 0.2) is 0 Å². The van der Waals surface area contributed by atoms with Crippen LogP contribution in [0, 0.1) is 5.92 Å². The van der Waals surface area contributed by atoms with Gasteiger partial charge in [0, 0.05) is 18.6 Å². The molecule has 4 N–H and O–H groups in total. The SMILES string of the molecule is CCNS(=O)(=O)c1ccccc1NC(C)(CN)CC(C)C. The first kappa shape index (κ1) is 17.9. The summed E-state index contributed by atoms with van der Waals surface area (Å²) in [4.78, 5) is 0.260. The second-order valence-corrected chi connectivity index (χ2v) is 7.72. The van der Waals surface area contributed by atoms with E-state index in [9.17, 15) is 8.42 Å². The molecule has 21 heavy (non-hydrogen) atoms. The lowest BCUT2D eigenvalue weighted by atomic mass is 9.90. The Balaban J connectivity index is 3.15. The first-order chi connectivity index (χ1) is 9.74. The molecule has 1 aromatic carbocycles. The van der Waals surface area contributed by atoms with E-state index in [1.165, 1.54) is 0 Å². The first-order valence-corrected chi connectivity index (χ1v) is 8.79. The van der Waals surface area contributed by atoms with Crippen molar-refractivity contribution in [3.05, 3.63) is 24.3 Å². The minimum atomic E-state index is -3.50. The largest absolute Gasteiger partial charge is 0.378 e. The molecule has 0 aromatic heterocycles. The summed E-state index contributed by atoms with van der Waals surface area (Å²) in [6.45, 7) is 8.81. The van der Waals surface area contributed by atoms with E-state index >= 15 is 0 Å². The molecule has 0 aliphatic heterocycles. The van der Waals surface area contributed by atoms with Gasteiger partial charge in [0.05, 0.1) is 5.69 Å². The van der Waals surface area contributed by atoms with Crippen LogP contribution >= 0.6 is 0 Å². The normalized spacial score (nSPS) is 15.0. The third-order valence-corrected chi connectivity index (χ3v) is 4.86. The molecule has 0 bridgehead atoms. The van der Waals surface area contributed by atoms with Crippen LogP contribution in [0.1, 0.15) is 34.1 Å². The zero-order valence-corrected chi connectivity index (χ0v) is 14.1. The van der Waals surface area contributed by atoms with Crippen molar-refractivity contribution in [2.75, 3.05) is 18.4 Å². The molecule has 0 saturated heterocycles. The molecule has 6 heteroatoms. The van der Waals surface area contributed by atoms with Crippen molar-refractivity contribution in [1.29, 1.82) is 0 Å². The molecule has 0 saturated carbocycles. The Labute approximate surface area is 128 Å². The average Bonchev–Trinajstić information content (AvgIpc) is 2.38. The lowest BCUT2D eigenvalue weighted by Gasteiger charge is -2.33. The summed E-state index contributed by atoms with van der Waals surface area (Å²) in [5.41, 5.74) is 6.14. The highest BCUT2D eigenvalue weighted by Crippen LogP contribution is 2.27. The molecule has 1 aromatic rings. The van der Waals surface area contributed by atoms with Crippen LogP contribution in [0.2, 0.25) is 0 Å². The average molecular weight is 313 g/mol. The number of benzene rings is 1. The van der Waals surface area contributed by atoms with Gasteiger partial charge in [0.2, 0.25) is 10.0 Å². The highest BCUT2D eigenvalue weighted by atomic mass is 32.2. The van der Waals surface area contributed by atoms with Crippen LogP contribution in [-0.2, 0) is 10.0 Å². The molecule has 0 heterocycles. The number of para-hydroxylation sites is 1. The molecule has 120 valence electrons. The predicted octanol–water partition coefficient (Wildman–Crippen LogP) is 2.16. The maximum atomic E-state index is 12.3. The second kappa shape index (κ2) is 7.24. The minimum absolute atomic E-state index is 0.260. The fourth-order valence-electron chi connectivity index (χ4n) is 2.48. The van der Waals surface area contributed by atoms with E-state index in [1.54, 1.807) is 25.1 Å². The molecule has 0 fully saturated rings. The van der Waals surface area contributed by atoms with E-state index in [0.29, 0.717) is 24.7 Å². The summed E-state index contributed by atoms with van der Waals surface area (Å²) in [7, 11) is -3.50. The van der Waals surface area contributed by atoms with Gasteiger partial charge in [0.25, 0.3) is 0 Å². The topological polar surface area (TPSA) is 84.2 Å². The molecule has 0 spiro atoms. The van der Waals surface area contributed by atoms with Crippen LogP contribution in [-0.4, -0.2) is 27.0 Å². The number of hydrogen-bond acceptors (Lipinski definition) is 4. The van der Waals surface area contributed by atoms with Crippen molar-refractivity contribution < 1.29 is 8.42 Å². The quantitative estimate of drug-likeness (QED) is 0.686. The standard InChI is InChI=1S/C15H27N3O2S/c1-5-17-21(19,20)14-9-7-6-8-13(14)18-15(4,11-16)10-12(2)3/h6-9,12,17-18H,5,10-11,16H2,1-4H3. The molecular weight excluding hydrogens is 286 g/mol. The van der Waals surface area contributed by atoms with E-state index in [-0.39, 0.29) is 10.4 Å². The van der Waals surface area contributed by atoms with E-state index in [2.05, 4.69) is 23.9 Å². The maximum Gasteiger partial charge on any atom is 0.242 e. The summed E-state index contributed by atoms with van der Waals surface area (Å²) < 4.78 is 27.1. The van der Waals surface area contributed by atoms with Crippen LogP contribution in [0.4, 0.5) is 5.69 Å². The van der Waals surface area contributed by atoms with Gasteiger partial charge in [-0.2, -0.15) is 0 Å². The smallest absolute Gasteiger partial charge is 0.242 e. The molecule has 0 aliphatic rings. The molecular formula is C15H27N3O2S. The van der Waals surface area contributed by atoms with Crippen molar-refractivity contribution in [3.8, 4) is 0 Å². The number of rotatable bonds is 8. The van der Waals surface area contributed by atoms with Crippen LogP contribution in [0.5, 0.6) is 0 Å². The number of hydrogen-bond donors (Lipinski definition) is 3. The Morgan fingerprint density at radius 3 is 2.43 bits per heavy atom. The molecule has 0 radical (unpaired) electrons. The number of nitrogens with one attached hydrogen (secondary N) is 2. The van der Waals surface area contributed by atoms with Crippen LogP contribution in [0.25, 0.3) is 0 Å². The molecule has 1 atom stereocenters. The van der Waals surface area contributed by atoms with Crippen molar-refractivity contribution in [2.24, 2.45) is 11.7 Å². The van der Waals surface area contributed by atoms with Crippen LogP contribution in [0.15, 0.2) is 29.2 Å². The van der Waals surface area contributed by atoms with Gasteiger partial charge < -0.3 is 11.1 Å². The molecule has 5 nitrogen and oxygen atoms in total. The minimum Gasteiger partial charge on any atom is -0.378 e. The van der Waals surface area contributed by atoms with Crippen molar-refractivity contribution in [1.82, 2.24) is 4.72 Å². The van der Waals surface area contributed by atoms with Gasteiger partial charge in [-0.05, 0) is 31.4 Å². The Kier molecular flexibility index (Phi) is 6.19. The lowest BCUT2D eigenvalue weighted by Crippen LogP contribution is -2.44. The van der Waals surface area contributed by atoms with E-state index in [0.717, 1.165) is 6.42 Å². The van der Waals surface area contributed by atoms with Gasteiger partial charge in [-0.15, -0.1) is 0 Å². The number of anilines is 1. The van der Waals surface area contributed by atoms with Gasteiger partial charge in [-0.3, -0.25) is 0 Å². The second-order valence-electron chi connectivity index (χ2n) is 5.99. The molecule has 0 amide bonds. The van der Waals surface area contributed by atoms with Gasteiger partial charge in [0.1, 0.15) is 4.90 Å². The van der Waals surface area contributed by atoms with Gasteiger partial charge in [-0.25, -0.2) is 13.1 Å². The summed E-state index contributed by atoms with van der Waals surface area (Å²) in [5.74, 6) is 0.462. The van der Waals surface area contributed by atoms with E-state index < -0.39 is 10.0 Å². The zero-order valence-electron chi connectivity index (χ0n) is 13.3. The maximum absolute atomic E-state index is 12.3. The summed E-state index contributed by atoms with van der Waals surface area (Å²) in [6, 6.07) is 6.92. The molecule has 1 unspecified atom stereocenters. The van der Waals surface area contributed by atoms with E-state index in [4.69, 9.17) is 5.73 Å². The number of nitrogens with two attached hydrogens (primary N) is 1. The number of sulfonamides is 1. The van der Waals surface area contributed by atoms with Crippen molar-refractivity contribution >= 4 is 15.7 Å². The van der Waals surface area contributed by atoms with Gasteiger partial charge >= 0.3 is 0 Å². The molecule has 1 rings (SSSR count). The monoisotopic (exact) mass is 313 g/mol. The predicted molar refractivity (Wildman–Crippen MR) is 87.8 cm³/mol. The Morgan fingerprint density at radius 2 is 1.90 bits per heavy atom. The third-order valence-electron chi connectivity index (χ3n) is 3.26. The fourth-order valence-corrected chi connectivity index (χ4v) is 3.69. The lowest BCUT2D eigenvalue weighted by molar-refractivity contribution is 0.406. The third kappa shape index (κ3) is 4.98. The van der Waals surface area contributed by atoms with Crippen molar-refractivity contribution in [3.63, 3.8) is 0 Å². The highest BCUT2D eigenvalue weighted by molar-refractivity contribution is 7.89. The highest BCUT2D eigenvalue weighted by Gasteiger charge is 2.26. The Hall–Kier alpha value is -1.11. The van der Waals surface area contributed by atoms with Crippen molar-refractivity contribution in [2.45, 2.75) is 44.6 Å². The Bertz CT molecular complexity index is 558. The summed E-state index contributed by atoms with van der Waals surface area (Å²) in [6.07, 6.45) is 0.860.